The summed E-state index contributed by atoms with van der Waals surface area (Å²) in [4.78, 5) is 2.56. The van der Waals surface area contributed by atoms with E-state index in [2.05, 4.69) is 36.3 Å². The zero-order chi connectivity index (χ0) is 18.3. The highest BCUT2D eigenvalue weighted by atomic mass is 16.5. The Hall–Kier alpha value is -1.30. The molecule has 26 heavy (non-hydrogen) atoms. The van der Waals surface area contributed by atoms with Gasteiger partial charge in [-0.15, -0.1) is 0 Å². The third kappa shape index (κ3) is 2.81. The van der Waals surface area contributed by atoms with Gasteiger partial charge < -0.3 is 24.8 Å². The van der Waals surface area contributed by atoms with Crippen LogP contribution >= 0.6 is 0 Å². The number of benzene rings is 1. The number of nitrogens with one attached hydrogen (secondary N) is 1. The molecule has 2 N–H and O–H groups in total. The minimum absolute atomic E-state index is 0.142. The van der Waals surface area contributed by atoms with E-state index in [4.69, 9.17) is 9.47 Å². The number of aliphatic hydroxyl groups is 1. The van der Waals surface area contributed by atoms with Gasteiger partial charge in [0.2, 0.25) is 0 Å². The average Bonchev–Trinajstić information content (AvgIpc) is 3.06. The number of methoxy groups -OCH3 is 1. The van der Waals surface area contributed by atoms with Crippen LogP contribution in [0.1, 0.15) is 43.2 Å². The Kier molecular flexibility index (Phi) is 5.13. The van der Waals surface area contributed by atoms with Gasteiger partial charge >= 0.3 is 0 Å². The van der Waals surface area contributed by atoms with Gasteiger partial charge in [-0.05, 0) is 56.8 Å². The smallest absolute Gasteiger partial charge is 0.165 e. The molecule has 3 aliphatic rings. The van der Waals surface area contributed by atoms with Gasteiger partial charge in [-0.1, -0.05) is 13.0 Å². The van der Waals surface area contributed by atoms with E-state index in [9.17, 15) is 5.11 Å². The molecule has 1 heterocycles. The van der Waals surface area contributed by atoms with Crippen LogP contribution in [-0.2, 0) is 6.42 Å². The fraction of sp³-hybridized carbons (Fsp3) is 0.714. The fourth-order valence-corrected chi connectivity index (χ4v) is 5.60. The van der Waals surface area contributed by atoms with Crippen molar-refractivity contribution < 1.29 is 14.6 Å². The van der Waals surface area contributed by atoms with Crippen molar-refractivity contribution in [2.24, 2.45) is 5.92 Å². The van der Waals surface area contributed by atoms with Crippen molar-refractivity contribution in [1.82, 2.24) is 10.2 Å². The molecule has 0 radical (unpaired) electrons. The Morgan fingerprint density at radius 2 is 2.19 bits per heavy atom. The maximum absolute atomic E-state index is 9.24. The Morgan fingerprint density at radius 3 is 2.92 bits per heavy atom. The predicted molar refractivity (Wildman–Crippen MR) is 102 cm³/mol. The highest BCUT2D eigenvalue weighted by Crippen LogP contribution is 2.57. The lowest BCUT2D eigenvalue weighted by Crippen LogP contribution is -2.55. The molecule has 1 fully saturated rings. The lowest BCUT2D eigenvalue weighted by Gasteiger charge is -2.47. The normalized spacial score (nSPS) is 31.7. The van der Waals surface area contributed by atoms with Crippen molar-refractivity contribution in [2.45, 2.75) is 56.7 Å². The molecule has 1 aliphatic heterocycles. The summed E-state index contributed by atoms with van der Waals surface area (Å²) in [7, 11) is 4.01. The number of hydrogen-bond acceptors (Lipinski definition) is 5. The monoisotopic (exact) mass is 360 g/mol. The molecule has 3 unspecified atom stereocenters. The van der Waals surface area contributed by atoms with Crippen molar-refractivity contribution in [2.75, 3.05) is 33.9 Å². The first-order valence-electron chi connectivity index (χ1n) is 10.1. The van der Waals surface area contributed by atoms with Crippen LogP contribution in [0.3, 0.4) is 0 Å². The van der Waals surface area contributed by atoms with E-state index in [1.807, 2.05) is 0 Å². The highest BCUT2D eigenvalue weighted by molar-refractivity contribution is 5.58. The Balaban J connectivity index is 1.72. The van der Waals surface area contributed by atoms with Crippen LogP contribution in [0.25, 0.3) is 0 Å². The van der Waals surface area contributed by atoms with E-state index < -0.39 is 0 Å². The summed E-state index contributed by atoms with van der Waals surface area (Å²) in [5.41, 5.74) is 2.83. The zero-order valence-electron chi connectivity index (χ0n) is 16.2. The molecular weight excluding hydrogens is 328 g/mol. The van der Waals surface area contributed by atoms with Gasteiger partial charge in [-0.2, -0.15) is 0 Å². The molecule has 0 aromatic heterocycles. The molecular formula is C21H32N2O3. The van der Waals surface area contributed by atoms with Crippen molar-refractivity contribution in [1.29, 1.82) is 0 Å². The fourth-order valence-electron chi connectivity index (χ4n) is 5.60. The lowest BCUT2D eigenvalue weighted by molar-refractivity contribution is 0.0391. The van der Waals surface area contributed by atoms with Crippen LogP contribution in [0, 0.1) is 5.92 Å². The van der Waals surface area contributed by atoms with Crippen molar-refractivity contribution >= 4 is 0 Å². The first-order chi connectivity index (χ1) is 12.7. The van der Waals surface area contributed by atoms with Crippen molar-refractivity contribution in [3.05, 3.63) is 23.3 Å². The molecule has 1 aromatic carbocycles. The molecule has 5 heteroatoms. The van der Waals surface area contributed by atoms with Crippen LogP contribution < -0.4 is 14.8 Å². The number of hydrogen-bond donors (Lipinski definition) is 2. The molecule has 1 saturated carbocycles. The van der Waals surface area contributed by atoms with Gasteiger partial charge in [0.25, 0.3) is 0 Å². The van der Waals surface area contributed by atoms with Crippen LogP contribution in [0.5, 0.6) is 11.5 Å². The molecule has 0 bridgehead atoms. The highest BCUT2D eigenvalue weighted by Gasteiger charge is 2.53. The summed E-state index contributed by atoms with van der Waals surface area (Å²) in [5, 5.41) is 12.8. The second kappa shape index (κ2) is 7.37. The van der Waals surface area contributed by atoms with Gasteiger partial charge in [0.05, 0.1) is 13.7 Å². The number of ether oxygens (including phenoxy) is 2. The van der Waals surface area contributed by atoms with E-state index in [0.717, 1.165) is 30.9 Å². The molecule has 5 nitrogen and oxygen atoms in total. The summed E-state index contributed by atoms with van der Waals surface area (Å²) in [6, 6.07) is 5.19. The quantitative estimate of drug-likeness (QED) is 0.780. The topological polar surface area (TPSA) is 54.0 Å². The first-order valence-corrected chi connectivity index (χ1v) is 10.1. The predicted octanol–water partition coefficient (Wildman–Crippen LogP) is 2.17. The molecule has 0 amide bonds. The summed E-state index contributed by atoms with van der Waals surface area (Å²) in [5.74, 6) is 2.89. The van der Waals surface area contributed by atoms with Crippen LogP contribution in [-0.4, -0.2) is 62.0 Å². The Bertz CT molecular complexity index is 650. The lowest BCUT2D eigenvalue weighted by atomic mass is 9.64. The molecule has 4 rings (SSSR count). The summed E-state index contributed by atoms with van der Waals surface area (Å²) in [6.07, 6.45) is 4.75. The largest absolute Gasteiger partial charge is 0.493 e. The van der Waals surface area contributed by atoms with Gasteiger partial charge in [0.15, 0.2) is 11.5 Å². The first kappa shape index (κ1) is 18.1. The minimum Gasteiger partial charge on any atom is -0.493 e. The maximum atomic E-state index is 9.24. The SMILES string of the molecule is CCCN(C)[C@H]1Cc2ccc(OC)c3c2C2C(O3)C(NCCO)CC[C@@H]21. The number of nitrogens with zero attached hydrogens (tertiary/aromatic N) is 1. The van der Waals surface area contributed by atoms with Crippen LogP contribution in [0.4, 0.5) is 0 Å². The third-order valence-corrected chi connectivity index (χ3v) is 6.66. The molecule has 2 aliphatic carbocycles. The second-order valence-electron chi connectivity index (χ2n) is 8.06. The summed E-state index contributed by atoms with van der Waals surface area (Å²) < 4.78 is 12.1. The van der Waals surface area contributed by atoms with Gasteiger partial charge in [0.1, 0.15) is 6.10 Å². The average molecular weight is 360 g/mol. The molecule has 144 valence electrons. The van der Waals surface area contributed by atoms with Crippen LogP contribution in [0.15, 0.2) is 12.1 Å². The Labute approximate surface area is 156 Å². The molecule has 1 aromatic rings. The number of aliphatic hydroxyl groups excluding tert-OH is 1. The van der Waals surface area contributed by atoms with Crippen molar-refractivity contribution in [3.8, 4) is 11.5 Å². The number of likely N-dealkylation sites (N-methyl/N-ethyl adjacent to an activating group) is 1. The van der Waals surface area contributed by atoms with E-state index in [0.29, 0.717) is 30.5 Å². The number of rotatable bonds is 7. The van der Waals surface area contributed by atoms with E-state index in [-0.39, 0.29) is 12.7 Å². The van der Waals surface area contributed by atoms with Gasteiger partial charge in [-0.3, -0.25) is 0 Å². The minimum atomic E-state index is 0.142. The van der Waals surface area contributed by atoms with E-state index in [1.165, 1.54) is 24.0 Å². The Morgan fingerprint density at radius 1 is 1.35 bits per heavy atom. The van der Waals surface area contributed by atoms with Gasteiger partial charge in [0, 0.05) is 30.1 Å². The standard InChI is InChI=1S/C21H32N2O3/c1-4-10-23(2)16-12-13-5-8-17(25-3)21-18(13)19-14(16)6-7-15(20(19)26-21)22-9-11-24/h5,8,14-16,19-20,22,24H,4,6-7,9-12H2,1-3H3/t14-,15?,16+,19?,20?/m1/s1. The molecule has 5 atom stereocenters. The van der Waals surface area contributed by atoms with Gasteiger partial charge in [-0.25, -0.2) is 0 Å². The van der Waals surface area contributed by atoms with Crippen molar-refractivity contribution in [3.63, 3.8) is 0 Å². The van der Waals surface area contributed by atoms with Crippen LogP contribution in [0.2, 0.25) is 0 Å². The zero-order valence-corrected chi connectivity index (χ0v) is 16.2. The van der Waals surface area contributed by atoms with E-state index >= 15 is 0 Å². The van der Waals surface area contributed by atoms with E-state index in [1.54, 1.807) is 7.11 Å². The maximum Gasteiger partial charge on any atom is 0.165 e. The molecule has 0 spiro atoms. The summed E-state index contributed by atoms with van der Waals surface area (Å²) in [6.45, 7) is 4.19. The second-order valence-corrected chi connectivity index (χ2v) is 8.06. The molecule has 0 saturated heterocycles. The third-order valence-electron chi connectivity index (χ3n) is 6.66. The summed E-state index contributed by atoms with van der Waals surface area (Å²) >= 11 is 0.